The van der Waals surface area contributed by atoms with Crippen molar-refractivity contribution < 1.29 is 19.1 Å². The number of rotatable bonds is 6. The number of carbonyl (C=O) groups excluding carboxylic acids is 2. The van der Waals surface area contributed by atoms with Gasteiger partial charge in [0.05, 0.1) is 40.2 Å². The highest BCUT2D eigenvalue weighted by Gasteiger charge is 2.17. The zero-order valence-electron chi connectivity index (χ0n) is 14.7. The maximum Gasteiger partial charge on any atom is 0.262 e. The van der Waals surface area contributed by atoms with Crippen LogP contribution in [-0.4, -0.2) is 59.4 Å². The van der Waals surface area contributed by atoms with Crippen molar-refractivity contribution in [2.75, 3.05) is 38.2 Å². The summed E-state index contributed by atoms with van der Waals surface area (Å²) in [6.07, 6.45) is 3.03. The highest BCUT2D eigenvalue weighted by molar-refractivity contribution is 6.43. The van der Waals surface area contributed by atoms with E-state index in [1.165, 1.54) is 23.0 Å². The second kappa shape index (κ2) is 9.47. The molecule has 1 aromatic heterocycles. The third kappa shape index (κ3) is 5.51. The second-order valence-electron chi connectivity index (χ2n) is 5.95. The van der Waals surface area contributed by atoms with Crippen LogP contribution in [0.15, 0.2) is 24.5 Å². The summed E-state index contributed by atoms with van der Waals surface area (Å²) in [5, 5.41) is 7.54. The molecule has 2 aromatic rings. The predicted octanol–water partition coefficient (Wildman–Crippen LogP) is 2.72. The van der Waals surface area contributed by atoms with Crippen molar-refractivity contribution in [2.45, 2.75) is 6.54 Å². The molecular formula is C17H17Cl3N4O4. The van der Waals surface area contributed by atoms with Gasteiger partial charge in [0, 0.05) is 25.4 Å². The molecule has 0 atom stereocenters. The predicted molar refractivity (Wildman–Crippen MR) is 105 cm³/mol. The molecule has 3 rings (SSSR count). The van der Waals surface area contributed by atoms with Crippen LogP contribution in [0.4, 0.5) is 5.69 Å². The van der Waals surface area contributed by atoms with Gasteiger partial charge in [-0.2, -0.15) is 5.10 Å². The van der Waals surface area contributed by atoms with Gasteiger partial charge in [0.1, 0.15) is 12.3 Å². The summed E-state index contributed by atoms with van der Waals surface area (Å²) in [5.41, 5.74) is 0.448. The summed E-state index contributed by atoms with van der Waals surface area (Å²) >= 11 is 17.8. The molecule has 1 fully saturated rings. The summed E-state index contributed by atoms with van der Waals surface area (Å²) in [5.74, 6) is -0.221. The van der Waals surface area contributed by atoms with Crippen molar-refractivity contribution in [3.8, 4) is 5.75 Å². The molecule has 0 radical (unpaired) electrons. The molecule has 1 aliphatic rings. The van der Waals surface area contributed by atoms with E-state index in [0.717, 1.165) is 0 Å². The quantitative estimate of drug-likeness (QED) is 0.688. The van der Waals surface area contributed by atoms with E-state index in [1.54, 1.807) is 11.1 Å². The second-order valence-corrected chi connectivity index (χ2v) is 7.17. The van der Waals surface area contributed by atoms with Gasteiger partial charge >= 0.3 is 0 Å². The van der Waals surface area contributed by atoms with Crippen LogP contribution in [0, 0.1) is 0 Å². The molecule has 11 heteroatoms. The van der Waals surface area contributed by atoms with Crippen molar-refractivity contribution in [3.63, 3.8) is 0 Å². The molecule has 1 N–H and O–H groups in total. The number of halogens is 3. The maximum atomic E-state index is 12.2. The van der Waals surface area contributed by atoms with E-state index in [1.807, 2.05) is 0 Å². The first kappa shape index (κ1) is 20.7. The van der Waals surface area contributed by atoms with Gasteiger partial charge in [-0.05, 0) is 6.07 Å². The zero-order valence-corrected chi connectivity index (χ0v) is 16.9. The number of nitrogens with one attached hydrogen (secondary N) is 1. The van der Waals surface area contributed by atoms with Gasteiger partial charge in [-0.25, -0.2) is 0 Å². The Balaban J connectivity index is 1.50. The van der Waals surface area contributed by atoms with Crippen LogP contribution in [0.2, 0.25) is 15.1 Å². The van der Waals surface area contributed by atoms with Gasteiger partial charge in [0.15, 0.2) is 6.61 Å². The zero-order chi connectivity index (χ0) is 20.1. The van der Waals surface area contributed by atoms with E-state index in [9.17, 15) is 9.59 Å². The average molecular weight is 448 g/mol. The van der Waals surface area contributed by atoms with E-state index < -0.39 is 5.91 Å². The topological polar surface area (TPSA) is 85.7 Å². The number of ether oxygens (including phenoxy) is 2. The van der Waals surface area contributed by atoms with Crippen LogP contribution >= 0.6 is 34.8 Å². The lowest BCUT2D eigenvalue weighted by molar-refractivity contribution is -0.136. The Morgan fingerprint density at radius 1 is 1.14 bits per heavy atom. The molecule has 0 spiro atoms. The van der Waals surface area contributed by atoms with Crippen LogP contribution in [0.1, 0.15) is 0 Å². The molecule has 2 amide bonds. The first-order chi connectivity index (χ1) is 13.4. The van der Waals surface area contributed by atoms with Gasteiger partial charge < -0.3 is 19.7 Å². The molecule has 150 valence electrons. The van der Waals surface area contributed by atoms with Crippen molar-refractivity contribution >= 4 is 52.3 Å². The van der Waals surface area contributed by atoms with Gasteiger partial charge in [-0.15, -0.1) is 0 Å². The van der Waals surface area contributed by atoms with E-state index >= 15 is 0 Å². The van der Waals surface area contributed by atoms with Crippen LogP contribution in [0.25, 0.3) is 0 Å². The smallest absolute Gasteiger partial charge is 0.262 e. The molecule has 1 aromatic carbocycles. The summed E-state index contributed by atoms with van der Waals surface area (Å²) < 4.78 is 12.1. The van der Waals surface area contributed by atoms with Crippen LogP contribution < -0.4 is 10.1 Å². The lowest BCUT2D eigenvalue weighted by Crippen LogP contribution is -2.42. The van der Waals surface area contributed by atoms with E-state index in [2.05, 4.69) is 10.4 Å². The molecule has 0 aliphatic carbocycles. The fourth-order valence-corrected chi connectivity index (χ4v) is 3.11. The minimum atomic E-state index is -0.416. The fourth-order valence-electron chi connectivity index (χ4n) is 2.52. The number of morpholine rings is 1. The van der Waals surface area contributed by atoms with Crippen molar-refractivity contribution in [2.24, 2.45) is 0 Å². The molecule has 1 aliphatic heterocycles. The average Bonchev–Trinajstić information content (AvgIpc) is 3.11. The van der Waals surface area contributed by atoms with E-state index in [-0.39, 0.29) is 34.9 Å². The Hall–Kier alpha value is -2.00. The molecule has 0 bridgehead atoms. The first-order valence-corrected chi connectivity index (χ1v) is 9.51. The first-order valence-electron chi connectivity index (χ1n) is 8.37. The summed E-state index contributed by atoms with van der Waals surface area (Å²) in [6, 6.07) is 2.88. The molecule has 1 saturated heterocycles. The fraction of sp³-hybridized carbons (Fsp3) is 0.353. The standard InChI is InChI=1S/C17H17Cl3N4O4/c18-12-5-14(20)15(6-13(12)19)28-10-16(25)22-11-7-21-24(8-11)9-17(26)23-1-3-27-4-2-23/h5-8H,1-4,9-10H2,(H,22,25). The van der Waals surface area contributed by atoms with Gasteiger partial charge in [0.2, 0.25) is 5.91 Å². The molecule has 8 nitrogen and oxygen atoms in total. The third-order valence-electron chi connectivity index (χ3n) is 3.91. The highest BCUT2D eigenvalue weighted by atomic mass is 35.5. The highest BCUT2D eigenvalue weighted by Crippen LogP contribution is 2.33. The minimum absolute atomic E-state index is 0.0538. The van der Waals surface area contributed by atoms with Crippen molar-refractivity contribution in [3.05, 3.63) is 39.6 Å². The van der Waals surface area contributed by atoms with Crippen LogP contribution in [0.3, 0.4) is 0 Å². The van der Waals surface area contributed by atoms with Crippen molar-refractivity contribution in [1.29, 1.82) is 0 Å². The third-order valence-corrected chi connectivity index (χ3v) is 4.93. The summed E-state index contributed by atoms with van der Waals surface area (Å²) in [4.78, 5) is 26.0. The lowest BCUT2D eigenvalue weighted by atomic mass is 10.3. The maximum absolute atomic E-state index is 12.2. The Morgan fingerprint density at radius 3 is 2.61 bits per heavy atom. The Bertz CT molecular complexity index is 868. The van der Waals surface area contributed by atoms with Crippen LogP contribution in [-0.2, 0) is 20.9 Å². The monoisotopic (exact) mass is 446 g/mol. The summed E-state index contributed by atoms with van der Waals surface area (Å²) in [6.45, 7) is 2.02. The Labute approximate surface area is 176 Å². The molecule has 0 saturated carbocycles. The lowest BCUT2D eigenvalue weighted by Gasteiger charge is -2.26. The molecule has 2 heterocycles. The number of nitrogens with zero attached hydrogens (tertiary/aromatic N) is 3. The minimum Gasteiger partial charge on any atom is -0.482 e. The normalized spacial score (nSPS) is 14.0. The number of amides is 2. The number of aromatic nitrogens is 2. The number of benzene rings is 1. The number of anilines is 1. The molecule has 28 heavy (non-hydrogen) atoms. The van der Waals surface area contributed by atoms with Gasteiger partial charge in [0.25, 0.3) is 5.91 Å². The molecule has 0 unspecified atom stereocenters. The van der Waals surface area contributed by atoms with E-state index in [4.69, 9.17) is 44.3 Å². The molecular weight excluding hydrogens is 431 g/mol. The number of carbonyl (C=O) groups is 2. The summed E-state index contributed by atoms with van der Waals surface area (Å²) in [7, 11) is 0. The van der Waals surface area contributed by atoms with Crippen LogP contribution in [0.5, 0.6) is 5.75 Å². The van der Waals surface area contributed by atoms with E-state index in [0.29, 0.717) is 37.0 Å². The Morgan fingerprint density at radius 2 is 1.86 bits per heavy atom. The van der Waals surface area contributed by atoms with Gasteiger partial charge in [-0.1, -0.05) is 34.8 Å². The number of hydrogen-bond donors (Lipinski definition) is 1. The van der Waals surface area contributed by atoms with Crippen molar-refractivity contribution in [1.82, 2.24) is 14.7 Å². The Kier molecular flexibility index (Phi) is 7.01. The largest absolute Gasteiger partial charge is 0.482 e. The number of hydrogen-bond acceptors (Lipinski definition) is 5. The van der Waals surface area contributed by atoms with Gasteiger partial charge in [-0.3, -0.25) is 14.3 Å². The SMILES string of the molecule is O=C(COc1cc(Cl)c(Cl)cc1Cl)Nc1cnn(CC(=O)N2CCOCC2)c1.